The molecule has 0 amide bonds. The number of rotatable bonds is 1. The van der Waals surface area contributed by atoms with Crippen molar-refractivity contribution in [3.63, 3.8) is 0 Å². The van der Waals surface area contributed by atoms with Crippen LogP contribution in [0.15, 0.2) is 35.3 Å². The van der Waals surface area contributed by atoms with E-state index >= 15 is 0 Å². The first-order valence-electron chi connectivity index (χ1n) is 5.57. The normalized spacial score (nSPS) is 23.3. The van der Waals surface area contributed by atoms with Crippen LogP contribution in [0.1, 0.15) is 37.7 Å². The van der Waals surface area contributed by atoms with Gasteiger partial charge in [0, 0.05) is 0 Å². The highest BCUT2D eigenvalue weighted by atomic mass is 15.0. The quantitative estimate of drug-likeness (QED) is 0.637. The van der Waals surface area contributed by atoms with Crippen LogP contribution < -0.4 is 0 Å². The number of aliphatic imine (C=N–C) groups is 1. The molecule has 0 radical (unpaired) electrons. The molecule has 0 saturated heterocycles. The highest BCUT2D eigenvalue weighted by Gasteiger charge is 2.47. The van der Waals surface area contributed by atoms with E-state index in [0.717, 1.165) is 0 Å². The van der Waals surface area contributed by atoms with Gasteiger partial charge in [-0.15, -0.1) is 0 Å². The summed E-state index contributed by atoms with van der Waals surface area (Å²) in [4.78, 5) is 4.73. The molecule has 1 spiro atoms. The number of benzene rings is 1. The second-order valence-corrected chi connectivity index (χ2v) is 4.42. The van der Waals surface area contributed by atoms with E-state index < -0.39 is 0 Å². The van der Waals surface area contributed by atoms with Gasteiger partial charge < -0.3 is 0 Å². The molecule has 1 fully saturated rings. The molecular weight excluding hydrogens is 170 g/mol. The van der Waals surface area contributed by atoms with E-state index in [-0.39, 0.29) is 0 Å². The molecule has 0 atom stereocenters. The Morgan fingerprint density at radius 1 is 0.929 bits per heavy atom. The van der Waals surface area contributed by atoms with Crippen molar-refractivity contribution < 1.29 is 0 Å². The number of nitrogens with zero attached hydrogens (tertiary/aromatic N) is 1. The van der Waals surface area contributed by atoms with E-state index in [1.807, 2.05) is 0 Å². The highest BCUT2D eigenvalue weighted by molar-refractivity contribution is 6.17. The molecule has 1 heteroatoms. The standard InChI is InChI=1S/C13H15N/c1-3-7-11(8-4-1)12-13(14-12)9-5-2-6-10-13/h1,3-4,7-8H,2,5-6,9-10H2. The van der Waals surface area contributed by atoms with Gasteiger partial charge in [0.15, 0.2) is 0 Å². The molecule has 1 aromatic rings. The molecule has 14 heavy (non-hydrogen) atoms. The van der Waals surface area contributed by atoms with E-state index in [1.54, 1.807) is 0 Å². The fourth-order valence-electron chi connectivity index (χ4n) is 2.60. The van der Waals surface area contributed by atoms with Gasteiger partial charge in [-0.25, -0.2) is 0 Å². The Hall–Kier alpha value is -1.11. The fraction of sp³-hybridized carbons (Fsp3) is 0.462. The number of hydrogen-bond donors (Lipinski definition) is 0. The second kappa shape index (κ2) is 2.94. The van der Waals surface area contributed by atoms with Gasteiger partial charge in [-0.05, 0) is 18.4 Å². The average molecular weight is 185 g/mol. The van der Waals surface area contributed by atoms with Gasteiger partial charge >= 0.3 is 0 Å². The summed E-state index contributed by atoms with van der Waals surface area (Å²) in [6.07, 6.45) is 6.70. The average Bonchev–Trinajstić information content (AvgIpc) is 2.95. The van der Waals surface area contributed by atoms with Crippen LogP contribution in [0.2, 0.25) is 0 Å². The predicted molar refractivity (Wildman–Crippen MR) is 58.8 cm³/mol. The Kier molecular flexibility index (Phi) is 1.73. The number of hydrogen-bond acceptors (Lipinski definition) is 1. The maximum absolute atomic E-state index is 4.73. The minimum Gasteiger partial charge on any atom is -0.274 e. The van der Waals surface area contributed by atoms with E-state index in [1.165, 1.54) is 43.4 Å². The minimum absolute atomic E-state index is 0.291. The van der Waals surface area contributed by atoms with Crippen LogP contribution in [0, 0.1) is 0 Å². The topological polar surface area (TPSA) is 12.4 Å². The maximum atomic E-state index is 4.73. The third-order valence-electron chi connectivity index (χ3n) is 3.44. The van der Waals surface area contributed by atoms with Gasteiger partial charge in [0.25, 0.3) is 0 Å². The van der Waals surface area contributed by atoms with Gasteiger partial charge in [-0.2, -0.15) is 0 Å². The lowest BCUT2D eigenvalue weighted by Crippen LogP contribution is -2.22. The second-order valence-electron chi connectivity index (χ2n) is 4.42. The summed E-state index contributed by atoms with van der Waals surface area (Å²) < 4.78 is 0. The van der Waals surface area contributed by atoms with Gasteiger partial charge in [-0.1, -0.05) is 49.6 Å². The summed E-state index contributed by atoms with van der Waals surface area (Å²) in [6, 6.07) is 10.6. The van der Waals surface area contributed by atoms with Crippen LogP contribution in [0.4, 0.5) is 0 Å². The molecule has 0 unspecified atom stereocenters. The zero-order chi connectivity index (χ0) is 9.43. The van der Waals surface area contributed by atoms with Crippen molar-refractivity contribution in [2.24, 2.45) is 4.99 Å². The Balaban J connectivity index is 1.81. The molecule has 3 rings (SSSR count). The summed E-state index contributed by atoms with van der Waals surface area (Å²) in [5.74, 6) is 0. The Bertz CT molecular complexity index is 358. The van der Waals surface area contributed by atoms with Crippen molar-refractivity contribution in [1.29, 1.82) is 0 Å². The van der Waals surface area contributed by atoms with Crippen LogP contribution in [-0.4, -0.2) is 11.3 Å². The Morgan fingerprint density at radius 3 is 2.36 bits per heavy atom. The van der Waals surface area contributed by atoms with Gasteiger partial charge in [-0.3, -0.25) is 4.99 Å². The zero-order valence-electron chi connectivity index (χ0n) is 8.37. The lowest BCUT2D eigenvalue weighted by molar-refractivity contribution is 0.428. The molecule has 0 N–H and O–H groups in total. The third-order valence-corrected chi connectivity index (χ3v) is 3.44. The molecule has 0 bridgehead atoms. The molecular formula is C13H15N. The van der Waals surface area contributed by atoms with Crippen LogP contribution in [-0.2, 0) is 0 Å². The Labute approximate surface area is 84.9 Å². The molecule has 0 aromatic heterocycles. The van der Waals surface area contributed by atoms with E-state index in [9.17, 15) is 0 Å². The summed E-state index contributed by atoms with van der Waals surface area (Å²) in [6.45, 7) is 0. The highest BCUT2D eigenvalue weighted by Crippen LogP contribution is 2.44. The van der Waals surface area contributed by atoms with E-state index in [0.29, 0.717) is 5.54 Å². The molecule has 72 valence electrons. The first-order chi connectivity index (χ1) is 6.91. The van der Waals surface area contributed by atoms with Crippen molar-refractivity contribution in [2.45, 2.75) is 37.6 Å². The monoisotopic (exact) mass is 185 g/mol. The summed E-state index contributed by atoms with van der Waals surface area (Å²) in [7, 11) is 0. The molecule has 1 nitrogen and oxygen atoms in total. The molecule has 1 heterocycles. The molecule has 1 aliphatic heterocycles. The smallest absolute Gasteiger partial charge is 0.103 e. The maximum Gasteiger partial charge on any atom is 0.103 e. The zero-order valence-corrected chi connectivity index (χ0v) is 8.37. The predicted octanol–water partition coefficient (Wildman–Crippen LogP) is 3.19. The van der Waals surface area contributed by atoms with Crippen LogP contribution in [0.25, 0.3) is 0 Å². The van der Waals surface area contributed by atoms with E-state index in [2.05, 4.69) is 30.3 Å². The molecule has 1 saturated carbocycles. The molecule has 2 aliphatic rings. The van der Waals surface area contributed by atoms with Crippen molar-refractivity contribution >= 4 is 5.71 Å². The summed E-state index contributed by atoms with van der Waals surface area (Å²) in [5.41, 5.74) is 3.01. The largest absolute Gasteiger partial charge is 0.274 e. The van der Waals surface area contributed by atoms with Gasteiger partial charge in [0.05, 0.1) is 5.71 Å². The van der Waals surface area contributed by atoms with Crippen molar-refractivity contribution in [2.75, 3.05) is 0 Å². The van der Waals surface area contributed by atoms with Crippen molar-refractivity contribution in [3.05, 3.63) is 35.9 Å². The first-order valence-corrected chi connectivity index (χ1v) is 5.57. The van der Waals surface area contributed by atoms with E-state index in [4.69, 9.17) is 4.99 Å². The first kappa shape index (κ1) is 8.22. The molecule has 1 aliphatic carbocycles. The summed E-state index contributed by atoms with van der Waals surface area (Å²) in [5, 5.41) is 0. The summed E-state index contributed by atoms with van der Waals surface area (Å²) >= 11 is 0. The third kappa shape index (κ3) is 1.19. The van der Waals surface area contributed by atoms with Crippen LogP contribution in [0.5, 0.6) is 0 Å². The minimum atomic E-state index is 0.291. The van der Waals surface area contributed by atoms with Gasteiger partial charge in [0.1, 0.15) is 5.54 Å². The fourth-order valence-corrected chi connectivity index (χ4v) is 2.60. The lowest BCUT2D eigenvalue weighted by atomic mass is 9.83. The Morgan fingerprint density at radius 2 is 1.64 bits per heavy atom. The van der Waals surface area contributed by atoms with Gasteiger partial charge in [0.2, 0.25) is 0 Å². The van der Waals surface area contributed by atoms with Crippen LogP contribution >= 0.6 is 0 Å². The SMILES string of the molecule is c1ccc(C2=NC23CCCCC3)cc1. The van der Waals surface area contributed by atoms with Crippen LogP contribution in [0.3, 0.4) is 0 Å². The van der Waals surface area contributed by atoms with Crippen molar-refractivity contribution in [3.8, 4) is 0 Å². The molecule has 1 aromatic carbocycles. The van der Waals surface area contributed by atoms with Crippen molar-refractivity contribution in [1.82, 2.24) is 0 Å². The lowest BCUT2D eigenvalue weighted by Gasteiger charge is -2.20.